The summed E-state index contributed by atoms with van der Waals surface area (Å²) >= 11 is 0. The van der Waals surface area contributed by atoms with Crippen LogP contribution in [0, 0.1) is 6.92 Å². The number of sulfonamides is 1. The molecule has 0 aliphatic heterocycles. The van der Waals surface area contributed by atoms with Crippen LogP contribution in [0.15, 0.2) is 11.1 Å². The van der Waals surface area contributed by atoms with Crippen molar-refractivity contribution >= 4 is 10.0 Å². The summed E-state index contributed by atoms with van der Waals surface area (Å²) in [7, 11) is -3.12. The first-order chi connectivity index (χ1) is 7.29. The number of ether oxygens (including phenoxy) is 1. The fraction of sp³-hybridized carbons (Fsp3) is 0.375. The van der Waals surface area contributed by atoms with Crippen LogP contribution in [0.2, 0.25) is 0 Å². The number of halogens is 2. The van der Waals surface area contributed by atoms with E-state index >= 15 is 0 Å². The minimum atomic E-state index is -4.24. The van der Waals surface area contributed by atoms with Crippen molar-refractivity contribution in [2.45, 2.75) is 18.2 Å². The quantitative estimate of drug-likeness (QED) is 0.869. The predicted octanol–water partition coefficient (Wildman–Crippen LogP) is 0.984. The van der Waals surface area contributed by atoms with Gasteiger partial charge in [-0.1, -0.05) is 0 Å². The van der Waals surface area contributed by atoms with E-state index in [1.165, 1.54) is 6.92 Å². The Morgan fingerprint density at radius 2 is 2.06 bits per heavy atom. The maximum atomic E-state index is 12.7. The van der Waals surface area contributed by atoms with Crippen LogP contribution in [-0.4, -0.2) is 20.5 Å². The van der Waals surface area contributed by atoms with E-state index in [4.69, 9.17) is 5.14 Å². The summed E-state index contributed by atoms with van der Waals surface area (Å²) in [5.41, 5.74) is -0.747. The standard InChI is InChI=1S/C8H10F2N2O3S/c1-4-3-12-8(15-2)5(7(9)10)6(4)16(11,13)14/h3,7H,1-2H3,(H2,11,13,14). The van der Waals surface area contributed by atoms with Crippen LogP contribution in [0.4, 0.5) is 8.78 Å². The molecule has 0 amide bonds. The number of hydrogen-bond donors (Lipinski definition) is 1. The van der Waals surface area contributed by atoms with Crippen LogP contribution < -0.4 is 9.88 Å². The average molecular weight is 252 g/mol. The number of nitrogens with zero attached hydrogens (tertiary/aromatic N) is 1. The van der Waals surface area contributed by atoms with Gasteiger partial charge in [0.1, 0.15) is 10.5 Å². The van der Waals surface area contributed by atoms with Crippen molar-refractivity contribution < 1.29 is 21.9 Å². The summed E-state index contributed by atoms with van der Waals surface area (Å²) < 4.78 is 52.5. The Kier molecular flexibility index (Phi) is 3.44. The molecule has 8 heteroatoms. The molecule has 0 unspecified atom stereocenters. The first-order valence-corrected chi connectivity index (χ1v) is 5.68. The smallest absolute Gasteiger partial charge is 0.270 e. The maximum absolute atomic E-state index is 12.7. The first-order valence-electron chi connectivity index (χ1n) is 4.13. The summed E-state index contributed by atoms with van der Waals surface area (Å²) in [4.78, 5) is 2.94. The number of hydrogen-bond acceptors (Lipinski definition) is 4. The van der Waals surface area contributed by atoms with Gasteiger partial charge in [-0.2, -0.15) is 0 Å². The number of alkyl halides is 2. The largest absolute Gasteiger partial charge is 0.481 e. The molecule has 0 fully saturated rings. The predicted molar refractivity (Wildman–Crippen MR) is 51.9 cm³/mol. The molecular formula is C8H10F2N2O3S. The first kappa shape index (κ1) is 12.8. The van der Waals surface area contributed by atoms with Crippen molar-refractivity contribution in [3.63, 3.8) is 0 Å². The van der Waals surface area contributed by atoms with E-state index < -0.39 is 32.8 Å². The van der Waals surface area contributed by atoms with Crippen LogP contribution in [0.1, 0.15) is 17.6 Å². The van der Waals surface area contributed by atoms with Gasteiger partial charge in [0.25, 0.3) is 6.43 Å². The van der Waals surface area contributed by atoms with Gasteiger partial charge in [-0.3, -0.25) is 0 Å². The molecule has 90 valence electrons. The number of aryl methyl sites for hydroxylation is 1. The van der Waals surface area contributed by atoms with Crippen molar-refractivity contribution in [1.82, 2.24) is 4.98 Å². The van der Waals surface area contributed by atoms with Crippen LogP contribution in [-0.2, 0) is 10.0 Å². The van der Waals surface area contributed by atoms with E-state index in [0.717, 1.165) is 13.3 Å². The molecule has 0 saturated heterocycles. The molecule has 5 nitrogen and oxygen atoms in total. The Hall–Kier alpha value is -1.28. The molecule has 0 aromatic carbocycles. The highest BCUT2D eigenvalue weighted by Gasteiger charge is 2.28. The number of nitrogens with two attached hydrogens (primary N) is 1. The van der Waals surface area contributed by atoms with Gasteiger partial charge in [0, 0.05) is 6.20 Å². The van der Waals surface area contributed by atoms with Gasteiger partial charge < -0.3 is 4.74 Å². The molecular weight excluding hydrogens is 242 g/mol. The Morgan fingerprint density at radius 3 is 2.44 bits per heavy atom. The SMILES string of the molecule is COc1ncc(C)c(S(N)(=O)=O)c1C(F)F. The van der Waals surface area contributed by atoms with E-state index in [1.807, 2.05) is 0 Å². The third kappa shape index (κ3) is 2.27. The number of pyridine rings is 1. The second-order valence-electron chi connectivity index (χ2n) is 3.04. The molecule has 1 aromatic heterocycles. The molecule has 0 saturated carbocycles. The van der Waals surface area contributed by atoms with Gasteiger partial charge in [0.05, 0.1) is 7.11 Å². The highest BCUT2D eigenvalue weighted by atomic mass is 32.2. The van der Waals surface area contributed by atoms with E-state index in [-0.39, 0.29) is 5.56 Å². The summed E-state index contributed by atoms with van der Waals surface area (Å²) in [6.07, 6.45) is -1.92. The average Bonchev–Trinajstić information content (AvgIpc) is 2.15. The molecule has 2 N–H and O–H groups in total. The normalized spacial score (nSPS) is 11.9. The van der Waals surface area contributed by atoms with Crippen LogP contribution in [0.25, 0.3) is 0 Å². The van der Waals surface area contributed by atoms with Crippen molar-refractivity contribution in [2.24, 2.45) is 5.14 Å². The minimum Gasteiger partial charge on any atom is -0.481 e. The summed E-state index contributed by atoms with van der Waals surface area (Å²) in [6.45, 7) is 1.33. The Labute approximate surface area is 91.3 Å². The Bertz CT molecular complexity index is 502. The fourth-order valence-electron chi connectivity index (χ4n) is 1.33. The van der Waals surface area contributed by atoms with Crippen molar-refractivity contribution in [3.8, 4) is 5.88 Å². The molecule has 1 rings (SSSR count). The lowest BCUT2D eigenvalue weighted by molar-refractivity contribution is 0.142. The lowest BCUT2D eigenvalue weighted by Crippen LogP contribution is -2.17. The van der Waals surface area contributed by atoms with E-state index in [2.05, 4.69) is 9.72 Å². The second-order valence-corrected chi connectivity index (χ2v) is 4.54. The third-order valence-electron chi connectivity index (χ3n) is 1.90. The number of primary sulfonamides is 1. The second kappa shape index (κ2) is 4.30. The van der Waals surface area contributed by atoms with Gasteiger partial charge in [-0.15, -0.1) is 0 Å². The zero-order chi connectivity index (χ0) is 12.5. The molecule has 16 heavy (non-hydrogen) atoms. The number of rotatable bonds is 3. The van der Waals surface area contributed by atoms with Gasteiger partial charge in [0.15, 0.2) is 0 Å². The van der Waals surface area contributed by atoms with Gasteiger partial charge in [-0.25, -0.2) is 27.3 Å². The van der Waals surface area contributed by atoms with Crippen LogP contribution in [0.5, 0.6) is 5.88 Å². The topological polar surface area (TPSA) is 82.3 Å². The molecule has 0 atom stereocenters. The number of aromatic nitrogens is 1. The van der Waals surface area contributed by atoms with Gasteiger partial charge in [-0.05, 0) is 12.5 Å². The minimum absolute atomic E-state index is 0.0543. The summed E-state index contributed by atoms with van der Waals surface area (Å²) in [5.74, 6) is -0.440. The molecule has 0 spiro atoms. The molecule has 0 aliphatic carbocycles. The number of methoxy groups -OCH3 is 1. The Balaban J connectivity index is 3.69. The lowest BCUT2D eigenvalue weighted by atomic mass is 10.2. The zero-order valence-corrected chi connectivity index (χ0v) is 9.38. The molecule has 1 aromatic rings. The van der Waals surface area contributed by atoms with Crippen molar-refractivity contribution in [1.29, 1.82) is 0 Å². The maximum Gasteiger partial charge on any atom is 0.270 e. The van der Waals surface area contributed by atoms with Gasteiger partial charge in [0.2, 0.25) is 15.9 Å². The highest BCUT2D eigenvalue weighted by Crippen LogP contribution is 2.34. The van der Waals surface area contributed by atoms with Gasteiger partial charge >= 0.3 is 0 Å². The van der Waals surface area contributed by atoms with E-state index in [0.29, 0.717) is 0 Å². The van der Waals surface area contributed by atoms with Crippen LogP contribution in [0.3, 0.4) is 0 Å². The third-order valence-corrected chi connectivity index (χ3v) is 3.02. The van der Waals surface area contributed by atoms with Crippen molar-refractivity contribution in [2.75, 3.05) is 7.11 Å². The van der Waals surface area contributed by atoms with Crippen LogP contribution >= 0.6 is 0 Å². The Morgan fingerprint density at radius 1 is 1.50 bits per heavy atom. The van der Waals surface area contributed by atoms with Crippen molar-refractivity contribution in [3.05, 3.63) is 17.3 Å². The fourth-order valence-corrected chi connectivity index (χ4v) is 2.31. The van der Waals surface area contributed by atoms with E-state index in [1.54, 1.807) is 0 Å². The summed E-state index contributed by atoms with van der Waals surface area (Å²) in [5, 5.41) is 4.88. The molecule has 0 aliphatic rings. The molecule has 0 radical (unpaired) electrons. The van der Waals surface area contributed by atoms with E-state index in [9.17, 15) is 17.2 Å². The monoisotopic (exact) mass is 252 g/mol. The molecule has 0 bridgehead atoms. The highest BCUT2D eigenvalue weighted by molar-refractivity contribution is 7.89. The lowest BCUT2D eigenvalue weighted by Gasteiger charge is -2.12. The zero-order valence-electron chi connectivity index (χ0n) is 8.57. The molecule has 1 heterocycles. The summed E-state index contributed by atoms with van der Waals surface area (Å²) in [6, 6.07) is 0.